The van der Waals surface area contributed by atoms with Crippen LogP contribution in [0.4, 0.5) is 0 Å². The Balaban J connectivity index is 2.04. The van der Waals surface area contributed by atoms with Crippen LogP contribution in [0.5, 0.6) is 0 Å². The summed E-state index contributed by atoms with van der Waals surface area (Å²) in [4.78, 5) is 23.3. The van der Waals surface area contributed by atoms with Gasteiger partial charge in [0.25, 0.3) is 0 Å². The van der Waals surface area contributed by atoms with Gasteiger partial charge in [-0.2, -0.15) is 0 Å². The molecule has 0 aromatic heterocycles. The third-order valence-electron chi connectivity index (χ3n) is 3.27. The summed E-state index contributed by atoms with van der Waals surface area (Å²) in [5.41, 5.74) is 0. The molecule has 0 aromatic rings. The molecule has 6 heteroatoms. The summed E-state index contributed by atoms with van der Waals surface area (Å²) < 4.78 is 5.02. The van der Waals surface area contributed by atoms with Crippen LogP contribution < -0.4 is 5.32 Å². The molecule has 0 aromatic carbocycles. The zero-order valence-electron chi connectivity index (χ0n) is 12.8. The average molecular weight is 333 g/mol. The summed E-state index contributed by atoms with van der Waals surface area (Å²) in [6.07, 6.45) is 6.66. The van der Waals surface area contributed by atoms with Crippen LogP contribution in [0, 0.1) is 6.92 Å². The van der Waals surface area contributed by atoms with Gasteiger partial charge in [-0.3, -0.25) is 4.79 Å². The van der Waals surface area contributed by atoms with Gasteiger partial charge in [-0.05, 0) is 32.6 Å². The third kappa shape index (κ3) is 8.61. The van der Waals surface area contributed by atoms with Crippen molar-refractivity contribution >= 4 is 33.5 Å². The number of esters is 1. The molecule has 2 atom stereocenters. The normalized spacial score (nSPS) is 19.2. The van der Waals surface area contributed by atoms with Crippen molar-refractivity contribution in [1.29, 1.82) is 0 Å². The second-order valence-corrected chi connectivity index (χ2v) is 8.00. The Kier molecular flexibility index (Phi) is 10.0. The summed E-state index contributed by atoms with van der Waals surface area (Å²) >= 11 is 0. The minimum atomic E-state index is -0.795. The Bertz CT molecular complexity index is 320. The highest BCUT2D eigenvalue weighted by Crippen LogP contribution is 2.39. The number of nitrogens with one attached hydrogen (secondary N) is 1. The summed E-state index contributed by atoms with van der Waals surface area (Å²) in [5.74, 6) is 0.686. The fourth-order valence-electron chi connectivity index (χ4n) is 1.97. The number of carbonyl (C=O) groups excluding carboxylic acids is 2. The average Bonchev–Trinajstić information content (AvgIpc) is 2.97. The molecule has 1 amide bonds. The Morgan fingerprint density at radius 2 is 2.19 bits per heavy atom. The van der Waals surface area contributed by atoms with Gasteiger partial charge < -0.3 is 10.1 Å². The highest BCUT2D eigenvalue weighted by molar-refractivity contribution is 8.77. The zero-order chi connectivity index (χ0) is 15.5. The lowest BCUT2D eigenvalue weighted by atomic mass is 10.1. The molecule has 1 heterocycles. The largest absolute Gasteiger partial charge is 0.464 e. The van der Waals surface area contributed by atoms with Gasteiger partial charge in [0.15, 0.2) is 0 Å². The molecule has 1 aliphatic rings. The van der Waals surface area contributed by atoms with E-state index in [0.29, 0.717) is 13.0 Å². The first-order chi connectivity index (χ1) is 10.1. The molecule has 1 saturated heterocycles. The second kappa shape index (κ2) is 11.2. The minimum absolute atomic E-state index is 0.115. The van der Waals surface area contributed by atoms with E-state index >= 15 is 0 Å². The van der Waals surface area contributed by atoms with E-state index in [1.165, 1.54) is 18.6 Å². The van der Waals surface area contributed by atoms with Gasteiger partial charge in [-0.15, -0.1) is 0 Å². The molecule has 0 saturated carbocycles. The SMILES string of the molecule is [CH2][C@H](NC(=O)CCCCC1CCSS1)C(=O)OCCCC. The molecule has 0 spiro atoms. The van der Waals surface area contributed by atoms with Crippen LogP contribution in [0.15, 0.2) is 0 Å². The minimum Gasteiger partial charge on any atom is -0.464 e. The van der Waals surface area contributed by atoms with Gasteiger partial charge in [-0.1, -0.05) is 41.4 Å². The lowest BCUT2D eigenvalue weighted by molar-refractivity contribution is -0.146. The Labute approximate surface area is 135 Å². The first-order valence-electron chi connectivity index (χ1n) is 7.70. The van der Waals surface area contributed by atoms with Crippen LogP contribution in [0.25, 0.3) is 0 Å². The number of unbranched alkanes of at least 4 members (excludes halogenated alkanes) is 2. The van der Waals surface area contributed by atoms with Crippen molar-refractivity contribution in [2.45, 2.75) is 63.2 Å². The van der Waals surface area contributed by atoms with Crippen molar-refractivity contribution in [1.82, 2.24) is 5.32 Å². The van der Waals surface area contributed by atoms with E-state index in [0.717, 1.165) is 30.9 Å². The Hall–Kier alpha value is -0.360. The molecule has 121 valence electrons. The van der Waals surface area contributed by atoms with Crippen molar-refractivity contribution in [2.24, 2.45) is 0 Å². The lowest BCUT2D eigenvalue weighted by Crippen LogP contribution is -2.39. The van der Waals surface area contributed by atoms with Gasteiger partial charge in [0.05, 0.1) is 6.61 Å². The monoisotopic (exact) mass is 332 g/mol. The predicted molar refractivity (Wildman–Crippen MR) is 90.1 cm³/mol. The van der Waals surface area contributed by atoms with Gasteiger partial charge in [0, 0.05) is 17.4 Å². The molecule has 1 radical (unpaired) electrons. The summed E-state index contributed by atoms with van der Waals surface area (Å²) in [7, 11) is 3.91. The van der Waals surface area contributed by atoms with E-state index in [4.69, 9.17) is 4.74 Å². The fraction of sp³-hybridized carbons (Fsp3) is 0.800. The van der Waals surface area contributed by atoms with E-state index < -0.39 is 12.0 Å². The predicted octanol–water partition coefficient (Wildman–Crippen LogP) is 3.36. The quantitative estimate of drug-likeness (QED) is 0.378. The fourth-order valence-corrected chi connectivity index (χ4v) is 4.99. The van der Waals surface area contributed by atoms with E-state index in [9.17, 15) is 9.59 Å². The summed E-state index contributed by atoms with van der Waals surface area (Å²) in [6, 6.07) is -0.795. The van der Waals surface area contributed by atoms with E-state index in [1.54, 1.807) is 0 Å². The maximum Gasteiger partial charge on any atom is 0.328 e. The molecule has 1 unspecified atom stereocenters. The van der Waals surface area contributed by atoms with E-state index in [2.05, 4.69) is 12.2 Å². The number of carbonyl (C=O) groups is 2. The first-order valence-corrected chi connectivity index (χ1v) is 10.1. The van der Waals surface area contributed by atoms with Gasteiger partial charge in [0.2, 0.25) is 5.91 Å². The van der Waals surface area contributed by atoms with Crippen molar-refractivity contribution in [3.63, 3.8) is 0 Å². The molecular formula is C15H26NO3S2. The topological polar surface area (TPSA) is 55.4 Å². The molecule has 1 rings (SSSR count). The van der Waals surface area contributed by atoms with E-state index in [-0.39, 0.29) is 5.91 Å². The molecule has 1 aliphatic heterocycles. The molecule has 0 bridgehead atoms. The van der Waals surface area contributed by atoms with Crippen molar-refractivity contribution in [3.8, 4) is 0 Å². The summed E-state index contributed by atoms with van der Waals surface area (Å²) in [6.45, 7) is 6.06. The number of rotatable bonds is 10. The van der Waals surface area contributed by atoms with Gasteiger partial charge >= 0.3 is 5.97 Å². The molecule has 4 nitrogen and oxygen atoms in total. The number of hydrogen-bond donors (Lipinski definition) is 1. The van der Waals surface area contributed by atoms with Gasteiger partial charge in [0.1, 0.15) is 6.04 Å². The molecule has 1 N–H and O–H groups in total. The number of amides is 1. The summed E-state index contributed by atoms with van der Waals surface area (Å²) in [5, 5.41) is 3.36. The maximum absolute atomic E-state index is 11.7. The number of ether oxygens (including phenoxy) is 1. The molecule has 1 fully saturated rings. The van der Waals surface area contributed by atoms with Crippen LogP contribution >= 0.6 is 21.6 Å². The molecule has 21 heavy (non-hydrogen) atoms. The number of hydrogen-bond acceptors (Lipinski definition) is 5. The van der Waals surface area contributed by atoms with Crippen LogP contribution in [0.1, 0.15) is 51.9 Å². The smallest absolute Gasteiger partial charge is 0.328 e. The Morgan fingerprint density at radius 3 is 2.86 bits per heavy atom. The van der Waals surface area contributed by atoms with Crippen LogP contribution in [0.2, 0.25) is 0 Å². The zero-order valence-corrected chi connectivity index (χ0v) is 14.4. The van der Waals surface area contributed by atoms with Gasteiger partial charge in [-0.25, -0.2) is 4.79 Å². The van der Waals surface area contributed by atoms with Crippen LogP contribution in [-0.4, -0.2) is 35.5 Å². The molecule has 0 aliphatic carbocycles. The van der Waals surface area contributed by atoms with Crippen LogP contribution in [0.3, 0.4) is 0 Å². The van der Waals surface area contributed by atoms with E-state index in [1.807, 2.05) is 28.5 Å². The van der Waals surface area contributed by atoms with Crippen molar-refractivity contribution < 1.29 is 14.3 Å². The lowest BCUT2D eigenvalue weighted by Gasteiger charge is -2.13. The second-order valence-electron chi connectivity index (χ2n) is 5.22. The maximum atomic E-state index is 11.7. The van der Waals surface area contributed by atoms with Crippen LogP contribution in [-0.2, 0) is 14.3 Å². The Morgan fingerprint density at radius 1 is 1.38 bits per heavy atom. The first kappa shape index (κ1) is 18.7. The van der Waals surface area contributed by atoms with Crippen molar-refractivity contribution in [2.75, 3.05) is 12.4 Å². The highest BCUT2D eigenvalue weighted by atomic mass is 33.1. The van der Waals surface area contributed by atoms with Crippen molar-refractivity contribution in [3.05, 3.63) is 6.92 Å². The standard InChI is InChI=1S/C15H26NO3S2/c1-3-4-10-19-15(18)12(2)16-14(17)8-6-5-7-13-9-11-20-21-13/h12-13H,2-11H2,1H3,(H,16,17)/t12-,13?/m0/s1. The third-order valence-corrected chi connectivity index (χ3v) is 6.28. The molecular weight excluding hydrogens is 306 g/mol. The highest BCUT2D eigenvalue weighted by Gasteiger charge is 2.18.